The summed E-state index contributed by atoms with van der Waals surface area (Å²) in [5.41, 5.74) is 4.42. The number of carbonyl (C=O) groups excluding carboxylic acids is 1. The molecule has 1 aromatic heterocycles. The summed E-state index contributed by atoms with van der Waals surface area (Å²) in [4.78, 5) is 12.0. The van der Waals surface area contributed by atoms with Gasteiger partial charge in [-0.1, -0.05) is 0 Å². The first-order valence-corrected chi connectivity index (χ1v) is 8.17. The molecule has 0 spiro atoms. The van der Waals surface area contributed by atoms with Gasteiger partial charge in [-0.3, -0.25) is 4.79 Å². The molecule has 3 rings (SSSR count). The molecule has 0 radical (unpaired) electrons. The molecule has 1 heterocycles. The summed E-state index contributed by atoms with van der Waals surface area (Å²) in [7, 11) is 0. The van der Waals surface area contributed by atoms with E-state index in [9.17, 15) is 4.79 Å². The lowest BCUT2D eigenvalue weighted by Crippen LogP contribution is -2.03. The summed E-state index contributed by atoms with van der Waals surface area (Å²) in [5, 5.41) is 17.7. The highest BCUT2D eigenvalue weighted by Crippen LogP contribution is 2.51. The van der Waals surface area contributed by atoms with Gasteiger partial charge >= 0.3 is 0 Å². The van der Waals surface area contributed by atoms with Gasteiger partial charge in [0, 0.05) is 35.0 Å². The standard InChI is InChI=1S/C20H19N3O/c1-13-18(14(2)24)11-20(19-10-16(19)4-3-9-21)23(13)17-7-5-15(12-22)6-8-17/h5-8,11,16,19H,3-4,10H2,1-2H3/t16-,19-/m1/s1. The van der Waals surface area contributed by atoms with Crippen LogP contribution in [0.4, 0.5) is 0 Å². The Morgan fingerprint density at radius 3 is 2.58 bits per heavy atom. The van der Waals surface area contributed by atoms with Gasteiger partial charge in [-0.25, -0.2) is 0 Å². The van der Waals surface area contributed by atoms with Crippen molar-refractivity contribution in [3.63, 3.8) is 0 Å². The Bertz CT molecular complexity index is 862. The van der Waals surface area contributed by atoms with E-state index in [1.54, 1.807) is 19.1 Å². The van der Waals surface area contributed by atoms with Gasteiger partial charge in [0.2, 0.25) is 0 Å². The zero-order valence-corrected chi connectivity index (χ0v) is 13.9. The van der Waals surface area contributed by atoms with Crippen LogP contribution < -0.4 is 0 Å². The van der Waals surface area contributed by atoms with Crippen molar-refractivity contribution < 1.29 is 4.79 Å². The maximum Gasteiger partial charge on any atom is 0.161 e. The van der Waals surface area contributed by atoms with E-state index in [4.69, 9.17) is 10.5 Å². The first-order valence-electron chi connectivity index (χ1n) is 8.17. The maximum absolute atomic E-state index is 12.0. The van der Waals surface area contributed by atoms with E-state index >= 15 is 0 Å². The number of aromatic nitrogens is 1. The van der Waals surface area contributed by atoms with E-state index in [2.05, 4.69) is 16.7 Å². The molecule has 1 aromatic carbocycles. The molecule has 2 aromatic rings. The molecule has 0 saturated heterocycles. The molecule has 1 saturated carbocycles. The number of hydrogen-bond donors (Lipinski definition) is 0. The number of benzene rings is 1. The molecular weight excluding hydrogens is 298 g/mol. The Morgan fingerprint density at radius 1 is 1.29 bits per heavy atom. The van der Waals surface area contributed by atoms with Crippen molar-refractivity contribution >= 4 is 5.78 Å². The van der Waals surface area contributed by atoms with Crippen molar-refractivity contribution in [1.82, 2.24) is 4.57 Å². The number of Topliss-reactive ketones (excluding diaryl/α,β-unsaturated/α-hetero) is 1. The highest BCUT2D eigenvalue weighted by atomic mass is 16.1. The minimum atomic E-state index is 0.0652. The third-order valence-corrected chi connectivity index (χ3v) is 4.84. The lowest BCUT2D eigenvalue weighted by molar-refractivity contribution is 0.101. The average Bonchev–Trinajstić information content (AvgIpc) is 3.27. The predicted octanol–water partition coefficient (Wildman–Crippen LogP) is 4.27. The van der Waals surface area contributed by atoms with Gasteiger partial charge in [0.1, 0.15) is 0 Å². The van der Waals surface area contributed by atoms with E-state index in [1.807, 2.05) is 25.1 Å². The first kappa shape index (κ1) is 16.0. The van der Waals surface area contributed by atoms with Crippen LogP contribution in [-0.2, 0) is 0 Å². The number of ketones is 1. The van der Waals surface area contributed by atoms with Gasteiger partial charge in [-0.05, 0) is 62.9 Å². The molecule has 0 amide bonds. The lowest BCUT2D eigenvalue weighted by Gasteiger charge is -2.12. The van der Waals surface area contributed by atoms with E-state index in [0.717, 1.165) is 35.5 Å². The molecule has 0 bridgehead atoms. The fourth-order valence-corrected chi connectivity index (χ4v) is 3.47. The maximum atomic E-state index is 12.0. The Labute approximate surface area is 141 Å². The van der Waals surface area contributed by atoms with Crippen LogP contribution in [0.5, 0.6) is 0 Å². The second-order valence-corrected chi connectivity index (χ2v) is 6.42. The number of nitriles is 2. The molecule has 1 aliphatic rings. The van der Waals surface area contributed by atoms with Crippen LogP contribution in [0.25, 0.3) is 5.69 Å². The van der Waals surface area contributed by atoms with Gasteiger partial charge in [-0.15, -0.1) is 0 Å². The molecule has 0 unspecified atom stereocenters. The summed E-state index contributed by atoms with van der Waals surface area (Å²) in [6.07, 6.45) is 2.56. The Morgan fingerprint density at radius 2 is 2.00 bits per heavy atom. The largest absolute Gasteiger partial charge is 0.317 e. The molecular formula is C20H19N3O. The molecule has 24 heavy (non-hydrogen) atoms. The van der Waals surface area contributed by atoms with Gasteiger partial charge in [0.25, 0.3) is 0 Å². The first-order chi connectivity index (χ1) is 11.6. The van der Waals surface area contributed by atoms with Crippen LogP contribution in [0, 0.1) is 35.5 Å². The van der Waals surface area contributed by atoms with E-state index < -0.39 is 0 Å². The highest BCUT2D eigenvalue weighted by molar-refractivity contribution is 5.95. The Kier molecular flexibility index (Phi) is 4.23. The minimum Gasteiger partial charge on any atom is -0.317 e. The number of nitrogens with zero attached hydrogens (tertiary/aromatic N) is 3. The second kappa shape index (κ2) is 6.34. The summed E-state index contributed by atoms with van der Waals surface area (Å²) >= 11 is 0. The van der Waals surface area contributed by atoms with Gasteiger partial charge in [-0.2, -0.15) is 10.5 Å². The van der Waals surface area contributed by atoms with Crippen LogP contribution >= 0.6 is 0 Å². The van der Waals surface area contributed by atoms with E-state index in [-0.39, 0.29) is 5.78 Å². The normalized spacial score (nSPS) is 18.7. The van der Waals surface area contributed by atoms with Gasteiger partial charge in [0.15, 0.2) is 5.78 Å². The smallest absolute Gasteiger partial charge is 0.161 e. The van der Waals surface area contributed by atoms with E-state index in [0.29, 0.717) is 23.8 Å². The van der Waals surface area contributed by atoms with Crippen LogP contribution in [0.2, 0.25) is 0 Å². The third-order valence-electron chi connectivity index (χ3n) is 4.84. The zero-order valence-electron chi connectivity index (χ0n) is 13.9. The number of rotatable bonds is 5. The Hall–Kier alpha value is -2.85. The molecule has 1 fully saturated rings. The van der Waals surface area contributed by atoms with Crippen molar-refractivity contribution in [3.8, 4) is 17.8 Å². The van der Waals surface area contributed by atoms with Crippen LogP contribution in [0.15, 0.2) is 30.3 Å². The Balaban J connectivity index is 2.02. The van der Waals surface area contributed by atoms with Gasteiger partial charge < -0.3 is 4.57 Å². The average molecular weight is 317 g/mol. The number of carbonyl (C=O) groups is 1. The fourth-order valence-electron chi connectivity index (χ4n) is 3.47. The van der Waals surface area contributed by atoms with E-state index in [1.165, 1.54) is 0 Å². The zero-order chi connectivity index (χ0) is 17.3. The highest BCUT2D eigenvalue weighted by Gasteiger charge is 2.40. The topological polar surface area (TPSA) is 69.6 Å². The second-order valence-electron chi connectivity index (χ2n) is 6.42. The van der Waals surface area contributed by atoms with Crippen molar-refractivity contribution in [3.05, 3.63) is 52.8 Å². The summed E-state index contributed by atoms with van der Waals surface area (Å²) < 4.78 is 2.13. The molecule has 0 N–H and O–H groups in total. The SMILES string of the molecule is CC(=O)c1cc([C@@H]2C[C@H]2CCC#N)n(-c2ccc(C#N)cc2)c1C. The molecule has 1 aliphatic carbocycles. The third kappa shape index (κ3) is 2.84. The van der Waals surface area contributed by atoms with Crippen molar-refractivity contribution in [2.45, 2.75) is 39.0 Å². The van der Waals surface area contributed by atoms with Crippen LogP contribution in [0.1, 0.15) is 59.4 Å². The van der Waals surface area contributed by atoms with Crippen LogP contribution in [0.3, 0.4) is 0 Å². The molecule has 2 atom stereocenters. The van der Waals surface area contributed by atoms with Crippen LogP contribution in [-0.4, -0.2) is 10.4 Å². The monoisotopic (exact) mass is 317 g/mol. The van der Waals surface area contributed by atoms with Crippen molar-refractivity contribution in [1.29, 1.82) is 10.5 Å². The minimum absolute atomic E-state index is 0.0652. The molecule has 4 heteroatoms. The van der Waals surface area contributed by atoms with Gasteiger partial charge in [0.05, 0.1) is 17.7 Å². The summed E-state index contributed by atoms with van der Waals surface area (Å²) in [6.45, 7) is 3.56. The predicted molar refractivity (Wildman–Crippen MR) is 90.9 cm³/mol. The molecule has 4 nitrogen and oxygen atoms in total. The van der Waals surface area contributed by atoms with Crippen molar-refractivity contribution in [2.75, 3.05) is 0 Å². The molecule has 0 aliphatic heterocycles. The lowest BCUT2D eigenvalue weighted by atomic mass is 10.1. The number of hydrogen-bond acceptors (Lipinski definition) is 3. The molecule has 120 valence electrons. The fraction of sp³-hybridized carbons (Fsp3) is 0.350. The summed E-state index contributed by atoms with van der Waals surface area (Å²) in [6, 6.07) is 13.8. The summed E-state index contributed by atoms with van der Waals surface area (Å²) in [5.74, 6) is 0.993. The quantitative estimate of drug-likeness (QED) is 0.773. The van der Waals surface area contributed by atoms with Crippen molar-refractivity contribution in [2.24, 2.45) is 5.92 Å².